The zero-order valence-corrected chi connectivity index (χ0v) is 25.5. The maximum Gasteiger partial charge on any atom is 0.213 e. The Kier molecular flexibility index (Phi) is 13.3. The van der Waals surface area contributed by atoms with E-state index in [2.05, 4.69) is 0 Å². The van der Waals surface area contributed by atoms with E-state index in [4.69, 9.17) is 4.74 Å². The quantitative estimate of drug-likeness (QED) is 0.174. The predicted octanol–water partition coefficient (Wildman–Crippen LogP) is 2.28. The lowest BCUT2D eigenvalue weighted by Gasteiger charge is -2.58. The molecule has 2 unspecified atom stereocenters. The highest BCUT2D eigenvalue weighted by Crippen LogP contribution is 2.49. The van der Waals surface area contributed by atoms with E-state index in [-0.39, 0.29) is 49.4 Å². The third-order valence-corrected chi connectivity index (χ3v) is 7.83. The van der Waals surface area contributed by atoms with Gasteiger partial charge in [-0.2, -0.15) is 0 Å². The second-order valence-electron chi connectivity index (χ2n) is 13.1. The zero-order valence-electron chi connectivity index (χ0n) is 25.5. The fourth-order valence-corrected chi connectivity index (χ4v) is 5.01. The summed E-state index contributed by atoms with van der Waals surface area (Å²) >= 11 is 0. The Labute approximate surface area is 238 Å². The van der Waals surface area contributed by atoms with Crippen LogP contribution in [0.1, 0.15) is 107 Å². The Morgan fingerprint density at radius 1 is 0.625 bits per heavy atom. The van der Waals surface area contributed by atoms with Crippen molar-refractivity contribution in [3.63, 3.8) is 0 Å². The van der Waals surface area contributed by atoms with Crippen LogP contribution in [0.25, 0.3) is 0 Å². The Bertz CT molecular complexity index is 897. The van der Waals surface area contributed by atoms with Gasteiger partial charge in [0.2, 0.25) is 11.2 Å². The molecule has 1 aliphatic rings. The molecule has 6 atom stereocenters. The topological polar surface area (TPSA) is 179 Å². The molecule has 10 nitrogen and oxygen atoms in total. The fourth-order valence-electron chi connectivity index (χ4n) is 5.01. The van der Waals surface area contributed by atoms with Crippen LogP contribution in [0, 0.1) is 23.7 Å². The molecule has 0 amide bonds. The van der Waals surface area contributed by atoms with E-state index in [9.17, 15) is 44.7 Å². The van der Waals surface area contributed by atoms with Crippen LogP contribution < -0.4 is 0 Å². The predicted molar refractivity (Wildman–Crippen MR) is 148 cm³/mol. The molecule has 0 aliphatic carbocycles. The van der Waals surface area contributed by atoms with E-state index in [0.29, 0.717) is 6.42 Å². The Balaban J connectivity index is 3.92. The van der Waals surface area contributed by atoms with Crippen LogP contribution in [0.3, 0.4) is 0 Å². The Hall–Kier alpha value is -1.56. The number of carbonyl (C=O) groups excluding carboxylic acids is 4. The molecule has 1 fully saturated rings. The first-order valence-electron chi connectivity index (χ1n) is 14.6. The van der Waals surface area contributed by atoms with Gasteiger partial charge in [0.15, 0.2) is 35.0 Å². The lowest BCUT2D eigenvalue weighted by atomic mass is 9.58. The van der Waals surface area contributed by atoms with Gasteiger partial charge in [0, 0.05) is 25.7 Å². The summed E-state index contributed by atoms with van der Waals surface area (Å²) in [6.45, 7) is 14.5. The van der Waals surface area contributed by atoms with E-state index in [0.717, 1.165) is 0 Å². The summed E-state index contributed by atoms with van der Waals surface area (Å²) in [5, 5.41) is 58.2. The molecular formula is C30H52O10. The zero-order chi connectivity index (χ0) is 31.2. The van der Waals surface area contributed by atoms with Gasteiger partial charge in [0.1, 0.15) is 12.2 Å². The number of rotatable bonds is 17. The van der Waals surface area contributed by atoms with Crippen molar-refractivity contribution in [2.24, 2.45) is 23.7 Å². The lowest BCUT2D eigenvalue weighted by Crippen LogP contribution is -2.87. The normalized spacial score (nSPS) is 29.8. The van der Waals surface area contributed by atoms with Gasteiger partial charge >= 0.3 is 0 Å². The van der Waals surface area contributed by atoms with Crippen molar-refractivity contribution >= 4 is 23.1 Å². The highest BCUT2D eigenvalue weighted by Gasteiger charge is 2.80. The monoisotopic (exact) mass is 572 g/mol. The Morgan fingerprint density at radius 3 is 1.38 bits per heavy atom. The summed E-state index contributed by atoms with van der Waals surface area (Å²) < 4.78 is 5.37. The van der Waals surface area contributed by atoms with Gasteiger partial charge in [-0.05, 0) is 49.4 Å². The molecule has 10 heteroatoms. The molecule has 0 saturated carbocycles. The molecule has 40 heavy (non-hydrogen) atoms. The highest BCUT2D eigenvalue weighted by molar-refractivity contribution is 6.07. The van der Waals surface area contributed by atoms with Gasteiger partial charge < -0.3 is 30.3 Å². The maximum absolute atomic E-state index is 13.8. The molecule has 232 valence electrons. The van der Waals surface area contributed by atoms with Crippen molar-refractivity contribution in [1.29, 1.82) is 0 Å². The third-order valence-electron chi connectivity index (χ3n) is 7.83. The van der Waals surface area contributed by atoms with Gasteiger partial charge in [-0.15, -0.1) is 0 Å². The molecule has 0 spiro atoms. The van der Waals surface area contributed by atoms with E-state index >= 15 is 0 Å². The first-order valence-corrected chi connectivity index (χ1v) is 14.6. The largest absolute Gasteiger partial charge is 0.382 e. The van der Waals surface area contributed by atoms with E-state index in [1.54, 1.807) is 41.5 Å². The SMILES string of the molecule is CC(C)CCC(=O)C(O)[C@H]1OC(O)[C@@](O)(C(=O)CCC(C)C)[C@](O)(C(=O)CCC(C)C)[C@@]1(O)C(=O)CCC(C)C. The first kappa shape index (κ1) is 36.5. The minimum Gasteiger partial charge on any atom is -0.382 e. The van der Waals surface area contributed by atoms with Crippen LogP contribution in [0.2, 0.25) is 0 Å². The number of carbonyl (C=O) groups is 4. The van der Waals surface area contributed by atoms with Crippen LogP contribution in [-0.4, -0.2) is 84.0 Å². The summed E-state index contributed by atoms with van der Waals surface area (Å²) in [6, 6.07) is 0. The van der Waals surface area contributed by atoms with E-state index in [1.165, 1.54) is 0 Å². The average Bonchev–Trinajstić information content (AvgIpc) is 2.87. The number of Topliss-reactive ketones (excluding diaryl/α,β-unsaturated/α-hetero) is 4. The highest BCUT2D eigenvalue weighted by atomic mass is 16.7. The summed E-state index contributed by atoms with van der Waals surface area (Å²) in [7, 11) is 0. The van der Waals surface area contributed by atoms with Crippen LogP contribution >= 0.6 is 0 Å². The smallest absolute Gasteiger partial charge is 0.213 e. The summed E-state index contributed by atoms with van der Waals surface area (Å²) in [6.07, 6.45) is -7.80. The molecule has 0 aromatic carbocycles. The molecule has 0 aromatic heterocycles. The number of aliphatic hydroxyl groups is 5. The standard InChI is InChI=1S/C30H52O10/c1-17(2)9-13-21(31)25(35)26-28(37,22(32)14-10-18(3)4)30(39,24(34)16-12-20(7)8)29(38,27(36)40-26)23(33)15-11-19(5)6/h17-20,25-27,35-39H,9-16H2,1-8H3/t25?,26-,27?,28-,29+,30+/m1/s1. The van der Waals surface area contributed by atoms with Crippen LogP contribution in [0.15, 0.2) is 0 Å². The molecule has 1 aliphatic heterocycles. The van der Waals surface area contributed by atoms with Gasteiger partial charge in [0.25, 0.3) is 0 Å². The summed E-state index contributed by atoms with van der Waals surface area (Å²) in [4.78, 5) is 54.1. The third kappa shape index (κ3) is 7.44. The minimum atomic E-state index is -3.61. The molecule has 1 heterocycles. The molecule has 5 N–H and O–H groups in total. The van der Waals surface area contributed by atoms with Crippen LogP contribution in [-0.2, 0) is 23.9 Å². The lowest BCUT2D eigenvalue weighted by molar-refractivity contribution is -0.365. The molecule has 0 radical (unpaired) electrons. The first-order chi connectivity index (χ1) is 18.3. The minimum absolute atomic E-state index is 0.0429. The van der Waals surface area contributed by atoms with Gasteiger partial charge in [0.05, 0.1) is 0 Å². The Morgan fingerprint density at radius 2 is 0.975 bits per heavy atom. The molecular weight excluding hydrogens is 520 g/mol. The van der Waals surface area contributed by atoms with Crippen molar-refractivity contribution in [3.05, 3.63) is 0 Å². The van der Waals surface area contributed by atoms with Crippen molar-refractivity contribution in [2.75, 3.05) is 0 Å². The van der Waals surface area contributed by atoms with Gasteiger partial charge in [-0.1, -0.05) is 55.4 Å². The number of hydrogen-bond donors (Lipinski definition) is 5. The fraction of sp³-hybridized carbons (Fsp3) is 0.867. The van der Waals surface area contributed by atoms with Crippen molar-refractivity contribution in [2.45, 2.75) is 142 Å². The average molecular weight is 573 g/mol. The number of aliphatic hydroxyl groups excluding tert-OH is 2. The summed E-state index contributed by atoms with van der Waals surface area (Å²) in [5.41, 5.74) is -10.5. The van der Waals surface area contributed by atoms with Crippen LogP contribution in [0.5, 0.6) is 0 Å². The molecule has 1 rings (SSSR count). The van der Waals surface area contributed by atoms with Gasteiger partial charge in [-0.25, -0.2) is 0 Å². The second-order valence-corrected chi connectivity index (χ2v) is 13.1. The van der Waals surface area contributed by atoms with Gasteiger partial charge in [-0.3, -0.25) is 19.2 Å². The number of ketones is 4. The van der Waals surface area contributed by atoms with E-state index < -0.39 is 77.7 Å². The van der Waals surface area contributed by atoms with Crippen molar-refractivity contribution in [1.82, 2.24) is 0 Å². The molecule has 0 aromatic rings. The number of ether oxygens (including phenoxy) is 1. The van der Waals surface area contributed by atoms with Crippen LogP contribution in [0.4, 0.5) is 0 Å². The summed E-state index contributed by atoms with van der Waals surface area (Å²) in [5.74, 6) is -4.63. The van der Waals surface area contributed by atoms with E-state index in [1.807, 2.05) is 13.8 Å². The number of hydrogen-bond acceptors (Lipinski definition) is 10. The molecule has 0 bridgehead atoms. The second kappa shape index (κ2) is 14.6. The molecule has 1 saturated heterocycles. The van der Waals surface area contributed by atoms with Crippen molar-refractivity contribution in [3.8, 4) is 0 Å². The maximum atomic E-state index is 13.8. The van der Waals surface area contributed by atoms with Crippen molar-refractivity contribution < 1.29 is 49.4 Å².